The number of nitrogens with zero attached hydrogens (tertiary/aromatic N) is 3. The minimum absolute atomic E-state index is 0.0313. The van der Waals surface area contributed by atoms with Crippen LogP contribution in [0.4, 0.5) is 0 Å². The van der Waals surface area contributed by atoms with E-state index in [9.17, 15) is 8.42 Å². The lowest BCUT2D eigenvalue weighted by Gasteiger charge is -2.15. The van der Waals surface area contributed by atoms with Crippen molar-refractivity contribution in [2.24, 2.45) is 0 Å². The summed E-state index contributed by atoms with van der Waals surface area (Å²) in [4.78, 5) is 4.23. The Morgan fingerprint density at radius 3 is 2.46 bits per heavy atom. The summed E-state index contributed by atoms with van der Waals surface area (Å²) >= 11 is 11.9. The lowest BCUT2D eigenvalue weighted by molar-refractivity contribution is 0.336. The van der Waals surface area contributed by atoms with Gasteiger partial charge in [0.2, 0.25) is 21.7 Å². The van der Waals surface area contributed by atoms with Crippen LogP contribution in [-0.4, -0.2) is 29.9 Å². The van der Waals surface area contributed by atoms with Gasteiger partial charge in [0.15, 0.2) is 0 Å². The van der Waals surface area contributed by atoms with Crippen molar-refractivity contribution in [2.45, 2.75) is 12.3 Å². The third-order valence-electron chi connectivity index (χ3n) is 3.62. The van der Waals surface area contributed by atoms with Gasteiger partial charge in [0, 0.05) is 22.7 Å². The number of hydrogen-bond donors (Lipinski definition) is 0. The van der Waals surface area contributed by atoms with Crippen LogP contribution in [0, 0.1) is 0 Å². The number of hydrogen-bond acceptors (Lipinski definition) is 5. The molecule has 1 aromatic heterocycles. The van der Waals surface area contributed by atoms with E-state index in [1.807, 2.05) is 0 Å². The minimum atomic E-state index is -3.56. The monoisotopic (exact) mass is 411 g/mol. The number of aromatic nitrogens is 2. The van der Waals surface area contributed by atoms with Crippen molar-refractivity contribution < 1.29 is 12.9 Å². The van der Waals surface area contributed by atoms with Crippen molar-refractivity contribution in [3.05, 3.63) is 70.0 Å². The van der Waals surface area contributed by atoms with Crippen LogP contribution in [0.15, 0.2) is 53.1 Å². The van der Waals surface area contributed by atoms with E-state index >= 15 is 0 Å². The summed E-state index contributed by atoms with van der Waals surface area (Å²) in [6, 6.07) is 13.7. The first kappa shape index (κ1) is 18.8. The van der Waals surface area contributed by atoms with Crippen LogP contribution in [0.2, 0.25) is 10.0 Å². The minimum Gasteiger partial charge on any atom is -0.338 e. The molecule has 0 saturated heterocycles. The third-order valence-corrected chi connectivity index (χ3v) is 5.87. The predicted molar refractivity (Wildman–Crippen MR) is 100 cm³/mol. The van der Waals surface area contributed by atoms with Crippen molar-refractivity contribution in [1.29, 1.82) is 0 Å². The van der Waals surface area contributed by atoms with Gasteiger partial charge in [-0.15, -0.1) is 0 Å². The lowest BCUT2D eigenvalue weighted by Crippen LogP contribution is -2.27. The standard InChI is InChI=1S/C17H15Cl2N3O3S/c1-22(26(23,24)11-12-4-2-6-14(18)8-12)10-16-20-17(21-25-16)13-5-3-7-15(19)9-13/h2-9H,10-11H2,1H3. The van der Waals surface area contributed by atoms with Gasteiger partial charge in [0.25, 0.3) is 0 Å². The maximum atomic E-state index is 12.5. The van der Waals surface area contributed by atoms with Crippen LogP contribution >= 0.6 is 23.2 Å². The quantitative estimate of drug-likeness (QED) is 0.612. The topological polar surface area (TPSA) is 76.3 Å². The molecule has 0 fully saturated rings. The third kappa shape index (κ3) is 4.62. The lowest BCUT2D eigenvalue weighted by atomic mass is 10.2. The fourth-order valence-corrected chi connectivity index (χ4v) is 3.83. The Balaban J connectivity index is 1.72. The van der Waals surface area contributed by atoms with Gasteiger partial charge in [0.05, 0.1) is 12.3 Å². The van der Waals surface area contributed by atoms with E-state index in [2.05, 4.69) is 10.1 Å². The predicted octanol–water partition coefficient (Wildman–Crippen LogP) is 4.01. The molecule has 0 bridgehead atoms. The van der Waals surface area contributed by atoms with Crippen molar-refractivity contribution in [1.82, 2.24) is 14.4 Å². The Labute approximate surface area is 161 Å². The van der Waals surface area contributed by atoms with Crippen LogP contribution in [-0.2, 0) is 22.3 Å². The molecule has 3 rings (SSSR count). The van der Waals surface area contributed by atoms with Crippen molar-refractivity contribution in [3.8, 4) is 11.4 Å². The number of halogens is 2. The summed E-state index contributed by atoms with van der Waals surface area (Å²) in [7, 11) is -2.10. The number of rotatable bonds is 6. The van der Waals surface area contributed by atoms with Gasteiger partial charge in [0.1, 0.15) is 0 Å². The molecule has 0 radical (unpaired) electrons. The van der Waals surface area contributed by atoms with Crippen molar-refractivity contribution in [3.63, 3.8) is 0 Å². The van der Waals surface area contributed by atoms with Crippen LogP contribution < -0.4 is 0 Å². The van der Waals surface area contributed by atoms with E-state index in [4.69, 9.17) is 27.7 Å². The van der Waals surface area contributed by atoms with Crippen LogP contribution in [0.3, 0.4) is 0 Å². The molecular weight excluding hydrogens is 397 g/mol. The van der Waals surface area contributed by atoms with Crippen LogP contribution in [0.5, 0.6) is 0 Å². The Hall–Kier alpha value is -1.93. The molecule has 1 heterocycles. The first-order chi connectivity index (χ1) is 12.3. The SMILES string of the molecule is CN(Cc1nc(-c2cccc(Cl)c2)no1)S(=O)(=O)Cc1cccc(Cl)c1. The highest BCUT2D eigenvalue weighted by Gasteiger charge is 2.21. The summed E-state index contributed by atoms with van der Waals surface area (Å²) in [5, 5.41) is 4.91. The van der Waals surface area contributed by atoms with Gasteiger partial charge >= 0.3 is 0 Å². The second-order valence-corrected chi connectivity index (χ2v) is 8.61. The Morgan fingerprint density at radius 1 is 1.08 bits per heavy atom. The van der Waals surface area contributed by atoms with Gasteiger partial charge in [-0.2, -0.15) is 9.29 Å². The molecule has 0 atom stereocenters. The average Bonchev–Trinajstić information content (AvgIpc) is 3.03. The number of sulfonamides is 1. The normalized spacial score (nSPS) is 11.8. The van der Waals surface area contributed by atoms with Gasteiger partial charge in [-0.1, -0.05) is 52.6 Å². The van der Waals surface area contributed by atoms with Gasteiger partial charge in [-0.25, -0.2) is 8.42 Å². The molecule has 0 N–H and O–H groups in total. The molecular formula is C17H15Cl2N3O3S. The van der Waals surface area contributed by atoms with Crippen molar-refractivity contribution >= 4 is 33.2 Å². The molecule has 9 heteroatoms. The Bertz CT molecular complexity index is 1020. The fraction of sp³-hybridized carbons (Fsp3) is 0.176. The van der Waals surface area contributed by atoms with E-state index < -0.39 is 10.0 Å². The van der Waals surface area contributed by atoms with E-state index in [0.29, 0.717) is 27.0 Å². The highest BCUT2D eigenvalue weighted by molar-refractivity contribution is 7.88. The Morgan fingerprint density at radius 2 is 1.77 bits per heavy atom. The van der Waals surface area contributed by atoms with Crippen LogP contribution in [0.25, 0.3) is 11.4 Å². The van der Waals surface area contributed by atoms with E-state index in [-0.39, 0.29) is 18.2 Å². The zero-order chi connectivity index (χ0) is 18.7. The molecule has 0 unspecified atom stereocenters. The van der Waals surface area contributed by atoms with Gasteiger partial charge in [-0.3, -0.25) is 0 Å². The summed E-state index contributed by atoms with van der Waals surface area (Å²) in [6.45, 7) is -0.0313. The van der Waals surface area contributed by atoms with E-state index in [1.54, 1.807) is 48.5 Å². The zero-order valence-electron chi connectivity index (χ0n) is 13.8. The van der Waals surface area contributed by atoms with E-state index in [0.717, 1.165) is 0 Å². The molecule has 2 aromatic carbocycles. The maximum Gasteiger partial charge on any atom is 0.242 e. The maximum absolute atomic E-state index is 12.5. The molecule has 0 aliphatic rings. The summed E-state index contributed by atoms with van der Waals surface area (Å²) in [5.74, 6) is 0.375. The average molecular weight is 412 g/mol. The molecule has 0 amide bonds. The summed E-state index contributed by atoms with van der Waals surface area (Å²) in [5.41, 5.74) is 1.30. The van der Waals surface area contributed by atoms with Gasteiger partial charge in [-0.05, 0) is 29.8 Å². The smallest absolute Gasteiger partial charge is 0.242 e. The fourth-order valence-electron chi connectivity index (χ4n) is 2.30. The van der Waals surface area contributed by atoms with Crippen LogP contribution in [0.1, 0.15) is 11.5 Å². The summed E-state index contributed by atoms with van der Waals surface area (Å²) < 4.78 is 31.4. The molecule has 0 aliphatic carbocycles. The molecule has 136 valence electrons. The largest absolute Gasteiger partial charge is 0.338 e. The van der Waals surface area contributed by atoms with Crippen molar-refractivity contribution in [2.75, 3.05) is 7.05 Å². The molecule has 0 aliphatic heterocycles. The second-order valence-electron chi connectivity index (χ2n) is 5.66. The molecule has 0 saturated carbocycles. The highest BCUT2D eigenvalue weighted by atomic mass is 35.5. The van der Waals surface area contributed by atoms with Gasteiger partial charge < -0.3 is 4.52 Å². The number of benzene rings is 2. The zero-order valence-corrected chi connectivity index (χ0v) is 16.1. The molecule has 6 nitrogen and oxygen atoms in total. The first-order valence-electron chi connectivity index (χ1n) is 7.60. The molecule has 3 aromatic rings. The summed E-state index contributed by atoms with van der Waals surface area (Å²) in [6.07, 6.45) is 0. The van der Waals surface area contributed by atoms with E-state index in [1.165, 1.54) is 11.4 Å². The molecule has 26 heavy (non-hydrogen) atoms. The highest BCUT2D eigenvalue weighted by Crippen LogP contribution is 2.21. The Kier molecular flexibility index (Phi) is 5.62. The first-order valence-corrected chi connectivity index (χ1v) is 9.97. The molecule has 0 spiro atoms. The second kappa shape index (κ2) is 7.75.